The summed E-state index contributed by atoms with van der Waals surface area (Å²) in [6.07, 6.45) is -1.12. The van der Waals surface area contributed by atoms with Gasteiger partial charge in [0.25, 0.3) is 5.91 Å². The Morgan fingerprint density at radius 3 is 2.20 bits per heavy atom. The molecule has 7 nitrogen and oxygen atoms in total. The van der Waals surface area contributed by atoms with Crippen molar-refractivity contribution < 1.29 is 28.6 Å². The maximum absolute atomic E-state index is 12.4. The number of Topliss-reactive ketones (excluding diaryl/α,β-unsaturated/α-hetero) is 1. The second-order valence-corrected chi connectivity index (χ2v) is 6.77. The molecule has 0 fully saturated rings. The average molecular weight is 413 g/mol. The molecule has 0 saturated heterocycles. The lowest BCUT2D eigenvalue weighted by Gasteiger charge is -2.18. The van der Waals surface area contributed by atoms with E-state index in [1.807, 2.05) is 37.3 Å². The first-order valence-electron chi connectivity index (χ1n) is 9.65. The normalized spacial score (nSPS) is 12.4. The van der Waals surface area contributed by atoms with E-state index in [0.717, 1.165) is 5.56 Å². The second-order valence-electron chi connectivity index (χ2n) is 6.77. The van der Waals surface area contributed by atoms with Crippen molar-refractivity contribution in [1.82, 2.24) is 5.32 Å². The molecule has 30 heavy (non-hydrogen) atoms. The molecular weight excluding hydrogens is 386 g/mol. The summed E-state index contributed by atoms with van der Waals surface area (Å²) in [5.41, 5.74) is 1.35. The van der Waals surface area contributed by atoms with Gasteiger partial charge in [0.05, 0.1) is 26.7 Å². The van der Waals surface area contributed by atoms with Gasteiger partial charge in [-0.2, -0.15) is 0 Å². The molecule has 1 N–H and O–H groups in total. The fourth-order valence-corrected chi connectivity index (χ4v) is 2.84. The highest BCUT2D eigenvalue weighted by molar-refractivity contribution is 5.98. The number of methoxy groups -OCH3 is 2. The Labute approximate surface area is 176 Å². The molecular formula is C23H27NO6. The van der Waals surface area contributed by atoms with Gasteiger partial charge in [-0.15, -0.1) is 0 Å². The number of hydrogen-bond acceptors (Lipinski definition) is 6. The van der Waals surface area contributed by atoms with Crippen LogP contribution in [0.5, 0.6) is 11.5 Å². The molecule has 2 atom stereocenters. The van der Waals surface area contributed by atoms with Crippen molar-refractivity contribution in [3.63, 3.8) is 0 Å². The number of ketones is 1. The summed E-state index contributed by atoms with van der Waals surface area (Å²) < 4.78 is 15.5. The van der Waals surface area contributed by atoms with Gasteiger partial charge >= 0.3 is 5.97 Å². The Morgan fingerprint density at radius 2 is 1.57 bits per heavy atom. The van der Waals surface area contributed by atoms with Crippen LogP contribution < -0.4 is 14.8 Å². The molecule has 0 radical (unpaired) electrons. The lowest BCUT2D eigenvalue weighted by molar-refractivity contribution is -0.155. The summed E-state index contributed by atoms with van der Waals surface area (Å²) in [6, 6.07) is 14.1. The highest BCUT2D eigenvalue weighted by atomic mass is 16.5. The number of rotatable bonds is 10. The monoisotopic (exact) mass is 413 g/mol. The van der Waals surface area contributed by atoms with Crippen LogP contribution in [-0.2, 0) is 14.3 Å². The van der Waals surface area contributed by atoms with Crippen molar-refractivity contribution in [3.05, 3.63) is 59.7 Å². The zero-order chi connectivity index (χ0) is 22.1. The minimum Gasteiger partial charge on any atom is -0.493 e. The van der Waals surface area contributed by atoms with Gasteiger partial charge in [-0.3, -0.25) is 14.4 Å². The standard InChI is InChI=1S/C23H27NO6/c1-15(17-8-6-5-7-9-17)24-23(27)16(2)30-22(26)13-11-19(25)18-10-12-20(28-3)21(14-18)29-4/h5-10,12,14-16H,11,13H2,1-4H3,(H,24,27). The van der Waals surface area contributed by atoms with Gasteiger partial charge in [-0.25, -0.2) is 0 Å². The third-order valence-electron chi connectivity index (χ3n) is 4.60. The molecule has 2 rings (SSSR count). The van der Waals surface area contributed by atoms with E-state index >= 15 is 0 Å². The number of benzene rings is 2. The molecule has 0 aliphatic heterocycles. The smallest absolute Gasteiger partial charge is 0.307 e. The van der Waals surface area contributed by atoms with Gasteiger partial charge in [0.15, 0.2) is 23.4 Å². The van der Waals surface area contributed by atoms with E-state index in [2.05, 4.69) is 5.32 Å². The number of esters is 1. The molecule has 0 saturated carbocycles. The second kappa shape index (κ2) is 11.0. The summed E-state index contributed by atoms with van der Waals surface area (Å²) in [6.45, 7) is 3.35. The first-order chi connectivity index (χ1) is 14.3. The van der Waals surface area contributed by atoms with Crippen LogP contribution in [-0.4, -0.2) is 38.0 Å². The van der Waals surface area contributed by atoms with Crippen LogP contribution in [0, 0.1) is 0 Å². The third-order valence-corrected chi connectivity index (χ3v) is 4.60. The Balaban J connectivity index is 1.83. The zero-order valence-corrected chi connectivity index (χ0v) is 17.6. The van der Waals surface area contributed by atoms with Crippen molar-refractivity contribution in [1.29, 1.82) is 0 Å². The molecule has 0 aromatic heterocycles. The molecule has 2 aromatic carbocycles. The van der Waals surface area contributed by atoms with E-state index < -0.39 is 18.0 Å². The summed E-state index contributed by atoms with van der Waals surface area (Å²) in [4.78, 5) is 36.7. The van der Waals surface area contributed by atoms with Crippen LogP contribution in [0.15, 0.2) is 48.5 Å². The van der Waals surface area contributed by atoms with Gasteiger partial charge in [0, 0.05) is 12.0 Å². The van der Waals surface area contributed by atoms with Crippen molar-refractivity contribution in [3.8, 4) is 11.5 Å². The first kappa shape index (κ1) is 22.9. The van der Waals surface area contributed by atoms with Gasteiger partial charge in [0.2, 0.25) is 0 Å². The number of hydrogen-bond donors (Lipinski definition) is 1. The largest absolute Gasteiger partial charge is 0.493 e. The maximum atomic E-state index is 12.4. The van der Waals surface area contributed by atoms with E-state index in [0.29, 0.717) is 17.1 Å². The molecule has 1 amide bonds. The average Bonchev–Trinajstić information content (AvgIpc) is 2.77. The van der Waals surface area contributed by atoms with Gasteiger partial charge in [-0.1, -0.05) is 30.3 Å². The Kier molecular flexibility index (Phi) is 8.41. The molecule has 0 spiro atoms. The lowest BCUT2D eigenvalue weighted by atomic mass is 10.1. The van der Waals surface area contributed by atoms with Gasteiger partial charge in [-0.05, 0) is 37.6 Å². The minimum atomic E-state index is -0.958. The molecule has 0 aliphatic rings. The van der Waals surface area contributed by atoms with Crippen molar-refractivity contribution in [2.75, 3.05) is 14.2 Å². The Bertz CT molecular complexity index is 881. The maximum Gasteiger partial charge on any atom is 0.307 e. The number of carbonyl (C=O) groups is 3. The minimum absolute atomic E-state index is 0.0386. The van der Waals surface area contributed by atoms with Gasteiger partial charge < -0.3 is 19.5 Å². The molecule has 2 aromatic rings. The molecule has 7 heteroatoms. The molecule has 0 bridgehead atoms. The fourth-order valence-electron chi connectivity index (χ4n) is 2.84. The Hall–Kier alpha value is -3.35. The summed E-state index contributed by atoms with van der Waals surface area (Å²) >= 11 is 0. The van der Waals surface area contributed by atoms with E-state index in [1.165, 1.54) is 21.1 Å². The molecule has 0 heterocycles. The topological polar surface area (TPSA) is 90.9 Å². The van der Waals surface area contributed by atoms with Crippen molar-refractivity contribution in [2.45, 2.75) is 38.8 Å². The number of nitrogens with one attached hydrogen (secondary N) is 1. The summed E-state index contributed by atoms with van der Waals surface area (Å²) in [5.74, 6) is -0.297. The van der Waals surface area contributed by atoms with E-state index in [4.69, 9.17) is 14.2 Å². The highest BCUT2D eigenvalue weighted by Crippen LogP contribution is 2.28. The zero-order valence-electron chi connectivity index (χ0n) is 17.6. The van der Waals surface area contributed by atoms with E-state index in [9.17, 15) is 14.4 Å². The molecule has 160 valence electrons. The predicted molar refractivity (Wildman–Crippen MR) is 112 cm³/mol. The highest BCUT2D eigenvalue weighted by Gasteiger charge is 2.21. The van der Waals surface area contributed by atoms with Crippen LogP contribution in [0.4, 0.5) is 0 Å². The van der Waals surface area contributed by atoms with E-state index in [-0.39, 0.29) is 24.7 Å². The van der Waals surface area contributed by atoms with Crippen LogP contribution >= 0.6 is 0 Å². The van der Waals surface area contributed by atoms with Gasteiger partial charge in [0.1, 0.15) is 0 Å². The molecule has 0 aliphatic carbocycles. The lowest BCUT2D eigenvalue weighted by Crippen LogP contribution is -2.37. The van der Waals surface area contributed by atoms with Crippen LogP contribution in [0.1, 0.15) is 48.7 Å². The fraction of sp³-hybridized carbons (Fsp3) is 0.348. The number of ether oxygens (including phenoxy) is 3. The van der Waals surface area contributed by atoms with Crippen molar-refractivity contribution >= 4 is 17.7 Å². The SMILES string of the molecule is COc1ccc(C(=O)CCC(=O)OC(C)C(=O)NC(C)c2ccccc2)cc1OC. The summed E-state index contributed by atoms with van der Waals surface area (Å²) in [5, 5.41) is 2.81. The van der Waals surface area contributed by atoms with Crippen LogP contribution in [0.25, 0.3) is 0 Å². The number of amides is 1. The summed E-state index contributed by atoms with van der Waals surface area (Å²) in [7, 11) is 2.99. The van der Waals surface area contributed by atoms with Crippen molar-refractivity contribution in [2.24, 2.45) is 0 Å². The van der Waals surface area contributed by atoms with Crippen LogP contribution in [0.2, 0.25) is 0 Å². The number of carbonyl (C=O) groups excluding carboxylic acids is 3. The van der Waals surface area contributed by atoms with E-state index in [1.54, 1.807) is 18.2 Å². The first-order valence-corrected chi connectivity index (χ1v) is 9.65. The predicted octanol–water partition coefficient (Wildman–Crippen LogP) is 3.48. The molecule has 2 unspecified atom stereocenters. The third kappa shape index (κ3) is 6.34. The Morgan fingerprint density at radius 1 is 0.900 bits per heavy atom. The van der Waals surface area contributed by atoms with Crippen LogP contribution in [0.3, 0.4) is 0 Å². The quantitative estimate of drug-likeness (QED) is 0.474.